The van der Waals surface area contributed by atoms with Crippen LogP contribution in [-0.2, 0) is 17.8 Å². The molecule has 1 N–H and O–H groups in total. The predicted octanol–water partition coefficient (Wildman–Crippen LogP) is 4.20. The minimum atomic E-state index is -0.0696. The molecule has 0 atom stereocenters. The Hall–Kier alpha value is -3.41. The molecule has 1 amide bonds. The van der Waals surface area contributed by atoms with Crippen molar-refractivity contribution < 1.29 is 9.21 Å². The second-order valence-corrected chi connectivity index (χ2v) is 6.45. The van der Waals surface area contributed by atoms with E-state index in [-0.39, 0.29) is 12.5 Å². The lowest BCUT2D eigenvalue weighted by Crippen LogP contribution is -2.18. The first-order chi connectivity index (χ1) is 13.1. The van der Waals surface area contributed by atoms with Crippen LogP contribution in [0.1, 0.15) is 18.4 Å². The Kier molecular flexibility index (Phi) is 4.46. The molecule has 2 aromatic heterocycles. The van der Waals surface area contributed by atoms with Gasteiger partial charge in [-0.15, -0.1) is 10.2 Å². The van der Waals surface area contributed by atoms with Gasteiger partial charge >= 0.3 is 0 Å². The van der Waals surface area contributed by atoms with Crippen LogP contribution in [0.25, 0.3) is 22.4 Å². The van der Waals surface area contributed by atoms with Crippen LogP contribution in [-0.4, -0.2) is 20.7 Å². The Morgan fingerprint density at radius 1 is 1.15 bits per heavy atom. The number of carbonyl (C=O) groups is 1. The summed E-state index contributed by atoms with van der Waals surface area (Å²) >= 11 is 0. The van der Waals surface area contributed by atoms with Crippen molar-refractivity contribution in [2.45, 2.75) is 26.8 Å². The minimum Gasteiger partial charge on any atom is -0.421 e. The smallest absolute Gasteiger partial charge is 0.247 e. The summed E-state index contributed by atoms with van der Waals surface area (Å²) < 4.78 is 7.42. The van der Waals surface area contributed by atoms with E-state index >= 15 is 0 Å². The number of fused-ring (bicyclic) bond motifs is 1. The summed E-state index contributed by atoms with van der Waals surface area (Å²) in [5.41, 5.74) is 3.79. The number of nitrogens with one attached hydrogen (secondary N) is 1. The lowest BCUT2D eigenvalue weighted by Gasteiger charge is -2.09. The molecule has 0 unspecified atom stereocenters. The standard InChI is InChI=1S/C21H20N4O2/c1-3-15-5-4-6-18(11-15)22-20(26)13-25-10-9-16-7-8-17(12-19(16)25)21-24-23-14(2)27-21/h4-12H,3,13H2,1-2H3,(H,22,26). The highest BCUT2D eigenvalue weighted by atomic mass is 16.4. The maximum Gasteiger partial charge on any atom is 0.247 e. The van der Waals surface area contributed by atoms with Crippen LogP contribution in [0.2, 0.25) is 0 Å². The van der Waals surface area contributed by atoms with Crippen LogP contribution in [0.15, 0.2) is 59.1 Å². The topological polar surface area (TPSA) is 73.0 Å². The van der Waals surface area contributed by atoms with Gasteiger partial charge in [-0.25, -0.2) is 0 Å². The third-order valence-electron chi connectivity index (χ3n) is 4.48. The van der Waals surface area contributed by atoms with Gasteiger partial charge in [-0.1, -0.05) is 25.1 Å². The molecule has 136 valence electrons. The summed E-state index contributed by atoms with van der Waals surface area (Å²) in [4.78, 5) is 12.5. The SMILES string of the molecule is CCc1cccc(NC(=O)Cn2ccc3ccc(-c4nnc(C)o4)cc32)c1. The van der Waals surface area contributed by atoms with Crippen molar-refractivity contribution in [3.63, 3.8) is 0 Å². The summed E-state index contributed by atoms with van der Waals surface area (Å²) in [6.07, 6.45) is 2.85. The van der Waals surface area contributed by atoms with Gasteiger partial charge in [0.25, 0.3) is 0 Å². The second kappa shape index (κ2) is 7.07. The number of amides is 1. The van der Waals surface area contributed by atoms with Crippen molar-refractivity contribution in [1.82, 2.24) is 14.8 Å². The second-order valence-electron chi connectivity index (χ2n) is 6.45. The molecule has 0 saturated carbocycles. The van der Waals surface area contributed by atoms with Gasteiger partial charge in [-0.3, -0.25) is 4.79 Å². The zero-order valence-corrected chi connectivity index (χ0v) is 15.3. The first-order valence-electron chi connectivity index (χ1n) is 8.90. The van der Waals surface area contributed by atoms with E-state index in [0.29, 0.717) is 11.8 Å². The van der Waals surface area contributed by atoms with Crippen LogP contribution in [0.3, 0.4) is 0 Å². The highest BCUT2D eigenvalue weighted by molar-refractivity contribution is 5.92. The number of benzene rings is 2. The van der Waals surface area contributed by atoms with Gasteiger partial charge in [0, 0.05) is 29.9 Å². The molecule has 0 bridgehead atoms. The normalized spacial score (nSPS) is 11.0. The maximum atomic E-state index is 12.5. The maximum absolute atomic E-state index is 12.5. The molecule has 6 heteroatoms. The molecule has 0 aliphatic carbocycles. The lowest BCUT2D eigenvalue weighted by molar-refractivity contribution is -0.116. The zero-order valence-electron chi connectivity index (χ0n) is 15.3. The van der Waals surface area contributed by atoms with Gasteiger partial charge in [0.1, 0.15) is 6.54 Å². The Morgan fingerprint density at radius 3 is 2.81 bits per heavy atom. The van der Waals surface area contributed by atoms with Gasteiger partial charge in [0.2, 0.25) is 17.7 Å². The summed E-state index contributed by atoms with van der Waals surface area (Å²) in [6.45, 7) is 4.08. The third-order valence-corrected chi connectivity index (χ3v) is 4.48. The van der Waals surface area contributed by atoms with Gasteiger partial charge in [0.15, 0.2) is 0 Å². The molecule has 4 aromatic rings. The van der Waals surface area contributed by atoms with Crippen LogP contribution >= 0.6 is 0 Å². The molecular formula is C21H20N4O2. The Bertz CT molecular complexity index is 1110. The molecular weight excluding hydrogens is 340 g/mol. The van der Waals surface area contributed by atoms with Crippen molar-refractivity contribution in [2.24, 2.45) is 0 Å². The predicted molar refractivity (Wildman–Crippen MR) is 104 cm³/mol. The third kappa shape index (κ3) is 3.60. The largest absolute Gasteiger partial charge is 0.421 e. The number of anilines is 1. The first kappa shape index (κ1) is 17.0. The average molecular weight is 360 g/mol. The van der Waals surface area contributed by atoms with Crippen LogP contribution in [0.4, 0.5) is 5.69 Å². The number of rotatable bonds is 5. The number of hydrogen-bond donors (Lipinski definition) is 1. The zero-order chi connectivity index (χ0) is 18.8. The Balaban J connectivity index is 1.57. The molecule has 0 fully saturated rings. The number of aryl methyl sites for hydroxylation is 2. The van der Waals surface area contributed by atoms with E-state index in [9.17, 15) is 4.79 Å². The number of nitrogens with zero attached hydrogens (tertiary/aromatic N) is 3. The fraction of sp³-hybridized carbons (Fsp3) is 0.190. The highest BCUT2D eigenvalue weighted by Crippen LogP contribution is 2.24. The number of aromatic nitrogens is 3. The fourth-order valence-electron chi connectivity index (χ4n) is 3.09. The number of hydrogen-bond acceptors (Lipinski definition) is 4. The van der Waals surface area contributed by atoms with E-state index in [1.807, 2.05) is 53.2 Å². The van der Waals surface area contributed by atoms with E-state index in [2.05, 4.69) is 28.5 Å². The first-order valence-corrected chi connectivity index (χ1v) is 8.90. The Labute approximate surface area is 156 Å². The Morgan fingerprint density at radius 2 is 2.04 bits per heavy atom. The average Bonchev–Trinajstić information content (AvgIpc) is 3.28. The molecule has 2 aromatic carbocycles. The van der Waals surface area contributed by atoms with Crippen molar-refractivity contribution in [2.75, 3.05) is 5.32 Å². The molecule has 0 radical (unpaired) electrons. The van der Waals surface area contributed by atoms with Crippen molar-refractivity contribution in [1.29, 1.82) is 0 Å². The molecule has 2 heterocycles. The molecule has 27 heavy (non-hydrogen) atoms. The summed E-state index contributed by atoms with van der Waals surface area (Å²) in [5, 5.41) is 12.0. The van der Waals surface area contributed by atoms with Gasteiger partial charge in [0.05, 0.1) is 0 Å². The number of carbonyl (C=O) groups excluding carboxylic acids is 1. The lowest BCUT2D eigenvalue weighted by atomic mass is 10.1. The van der Waals surface area contributed by atoms with Gasteiger partial charge < -0.3 is 14.3 Å². The van der Waals surface area contributed by atoms with Crippen LogP contribution < -0.4 is 5.32 Å². The molecule has 0 aliphatic rings. The van der Waals surface area contributed by atoms with E-state index in [1.54, 1.807) is 6.92 Å². The molecule has 0 aliphatic heterocycles. The summed E-state index contributed by atoms with van der Waals surface area (Å²) in [7, 11) is 0. The summed E-state index contributed by atoms with van der Waals surface area (Å²) in [5.74, 6) is 0.928. The fourth-order valence-corrected chi connectivity index (χ4v) is 3.09. The highest BCUT2D eigenvalue weighted by Gasteiger charge is 2.11. The summed E-state index contributed by atoms with van der Waals surface area (Å²) in [6, 6.07) is 15.8. The van der Waals surface area contributed by atoms with E-state index < -0.39 is 0 Å². The van der Waals surface area contributed by atoms with Crippen molar-refractivity contribution >= 4 is 22.5 Å². The molecule has 0 saturated heterocycles. The quantitative estimate of drug-likeness (QED) is 0.579. The molecule has 6 nitrogen and oxygen atoms in total. The van der Waals surface area contributed by atoms with Crippen LogP contribution in [0.5, 0.6) is 0 Å². The van der Waals surface area contributed by atoms with E-state index in [4.69, 9.17) is 4.42 Å². The molecule has 0 spiro atoms. The molecule has 4 rings (SSSR count). The van der Waals surface area contributed by atoms with Gasteiger partial charge in [-0.2, -0.15) is 0 Å². The van der Waals surface area contributed by atoms with Crippen LogP contribution in [0, 0.1) is 6.92 Å². The van der Waals surface area contributed by atoms with E-state index in [0.717, 1.165) is 28.6 Å². The van der Waals surface area contributed by atoms with E-state index in [1.165, 1.54) is 5.56 Å². The van der Waals surface area contributed by atoms with Crippen molar-refractivity contribution in [3.8, 4) is 11.5 Å². The van der Waals surface area contributed by atoms with Gasteiger partial charge in [-0.05, 0) is 47.7 Å². The minimum absolute atomic E-state index is 0.0696. The van der Waals surface area contributed by atoms with Crippen molar-refractivity contribution in [3.05, 3.63) is 66.2 Å². The monoisotopic (exact) mass is 360 g/mol.